The van der Waals surface area contributed by atoms with E-state index in [0.29, 0.717) is 5.02 Å². The van der Waals surface area contributed by atoms with Gasteiger partial charge in [0.05, 0.1) is 10.6 Å². The van der Waals surface area contributed by atoms with Crippen LogP contribution in [0.2, 0.25) is 5.02 Å². The van der Waals surface area contributed by atoms with Gasteiger partial charge in [0.2, 0.25) is 0 Å². The first-order valence-electron chi connectivity index (χ1n) is 5.03. The molecule has 18 heavy (non-hydrogen) atoms. The average Bonchev–Trinajstić information content (AvgIpc) is 2.34. The van der Waals surface area contributed by atoms with Crippen LogP contribution >= 0.6 is 39.3 Å². The maximum Gasteiger partial charge on any atom is 0.335 e. The first kappa shape index (κ1) is 13.5. The number of carbonyl (C=O) groups is 1. The highest BCUT2D eigenvalue weighted by Crippen LogP contribution is 2.37. The van der Waals surface area contributed by atoms with Gasteiger partial charge in [0, 0.05) is 14.3 Å². The highest BCUT2D eigenvalue weighted by Gasteiger charge is 2.09. The number of benzene rings is 2. The molecular formula is C13H8BrClO2S. The molecule has 2 aromatic carbocycles. The monoisotopic (exact) mass is 342 g/mol. The van der Waals surface area contributed by atoms with E-state index in [-0.39, 0.29) is 5.56 Å². The van der Waals surface area contributed by atoms with E-state index < -0.39 is 5.97 Å². The zero-order chi connectivity index (χ0) is 13.1. The standard InChI is InChI=1S/C13H8BrClO2S/c14-9-7-8(13(16)17)5-6-11(9)18-12-4-2-1-3-10(12)15/h1-7H,(H,16,17). The number of carboxylic acids is 1. The maximum absolute atomic E-state index is 10.8. The van der Waals surface area contributed by atoms with Crippen molar-refractivity contribution in [2.75, 3.05) is 0 Å². The van der Waals surface area contributed by atoms with Gasteiger partial charge < -0.3 is 5.11 Å². The first-order chi connectivity index (χ1) is 8.58. The van der Waals surface area contributed by atoms with Crippen LogP contribution in [0.3, 0.4) is 0 Å². The molecule has 0 atom stereocenters. The van der Waals surface area contributed by atoms with Crippen molar-refractivity contribution in [2.24, 2.45) is 0 Å². The number of rotatable bonds is 3. The van der Waals surface area contributed by atoms with E-state index in [4.69, 9.17) is 16.7 Å². The fourth-order valence-electron chi connectivity index (χ4n) is 1.36. The van der Waals surface area contributed by atoms with Crippen molar-refractivity contribution in [2.45, 2.75) is 9.79 Å². The molecule has 5 heteroatoms. The molecule has 0 aromatic heterocycles. The smallest absolute Gasteiger partial charge is 0.335 e. The highest BCUT2D eigenvalue weighted by atomic mass is 79.9. The van der Waals surface area contributed by atoms with Gasteiger partial charge in [-0.3, -0.25) is 0 Å². The van der Waals surface area contributed by atoms with Crippen molar-refractivity contribution in [1.29, 1.82) is 0 Å². The molecular weight excluding hydrogens is 336 g/mol. The van der Waals surface area contributed by atoms with Crippen LogP contribution in [0.25, 0.3) is 0 Å². The molecule has 0 aliphatic heterocycles. The molecule has 0 unspecified atom stereocenters. The fraction of sp³-hybridized carbons (Fsp3) is 0. The Balaban J connectivity index is 2.30. The van der Waals surface area contributed by atoms with E-state index in [1.165, 1.54) is 11.8 Å². The molecule has 0 saturated carbocycles. The van der Waals surface area contributed by atoms with Gasteiger partial charge in [-0.2, -0.15) is 0 Å². The first-order valence-corrected chi connectivity index (χ1v) is 7.02. The molecule has 0 spiro atoms. The second-order valence-electron chi connectivity index (χ2n) is 3.48. The third-order valence-electron chi connectivity index (χ3n) is 2.24. The van der Waals surface area contributed by atoms with Crippen molar-refractivity contribution in [3.63, 3.8) is 0 Å². The van der Waals surface area contributed by atoms with E-state index >= 15 is 0 Å². The van der Waals surface area contributed by atoms with Crippen molar-refractivity contribution >= 4 is 45.3 Å². The fourth-order valence-corrected chi connectivity index (χ4v) is 3.08. The van der Waals surface area contributed by atoms with Crippen LogP contribution < -0.4 is 0 Å². The highest BCUT2D eigenvalue weighted by molar-refractivity contribution is 9.10. The third kappa shape index (κ3) is 3.07. The van der Waals surface area contributed by atoms with Gasteiger partial charge >= 0.3 is 5.97 Å². The van der Waals surface area contributed by atoms with Crippen molar-refractivity contribution in [3.8, 4) is 0 Å². The molecule has 0 saturated heterocycles. The number of hydrogen-bond acceptors (Lipinski definition) is 2. The van der Waals surface area contributed by atoms with Crippen LogP contribution in [-0.2, 0) is 0 Å². The molecule has 0 aliphatic rings. The van der Waals surface area contributed by atoms with Gasteiger partial charge in [0.1, 0.15) is 0 Å². The van der Waals surface area contributed by atoms with Gasteiger partial charge in [-0.1, -0.05) is 35.5 Å². The quantitative estimate of drug-likeness (QED) is 0.856. The summed E-state index contributed by atoms with van der Waals surface area (Å²) in [7, 11) is 0. The van der Waals surface area contributed by atoms with Crippen LogP contribution in [0.5, 0.6) is 0 Å². The molecule has 2 rings (SSSR count). The summed E-state index contributed by atoms with van der Waals surface area (Å²) in [4.78, 5) is 12.7. The van der Waals surface area contributed by atoms with Crippen LogP contribution in [0.4, 0.5) is 0 Å². The van der Waals surface area contributed by atoms with Crippen LogP contribution in [0, 0.1) is 0 Å². The van der Waals surface area contributed by atoms with Crippen LogP contribution in [0.15, 0.2) is 56.7 Å². The van der Waals surface area contributed by atoms with Gasteiger partial charge in [-0.25, -0.2) is 4.79 Å². The third-order valence-corrected chi connectivity index (χ3v) is 4.75. The Kier molecular flexibility index (Phi) is 4.32. The minimum absolute atomic E-state index is 0.255. The van der Waals surface area contributed by atoms with Gasteiger partial charge in [-0.15, -0.1) is 0 Å². The van der Waals surface area contributed by atoms with Gasteiger partial charge in [-0.05, 0) is 46.3 Å². The predicted molar refractivity (Wildman–Crippen MR) is 76.7 cm³/mol. The second kappa shape index (κ2) is 5.78. The lowest BCUT2D eigenvalue weighted by molar-refractivity contribution is 0.0696. The normalized spacial score (nSPS) is 10.3. The number of halogens is 2. The summed E-state index contributed by atoms with van der Waals surface area (Å²) in [6.45, 7) is 0. The molecule has 0 radical (unpaired) electrons. The largest absolute Gasteiger partial charge is 0.478 e. The zero-order valence-corrected chi connectivity index (χ0v) is 12.2. The molecule has 0 heterocycles. The summed E-state index contributed by atoms with van der Waals surface area (Å²) in [5.74, 6) is -0.940. The summed E-state index contributed by atoms with van der Waals surface area (Å²) in [5.41, 5.74) is 0.255. The summed E-state index contributed by atoms with van der Waals surface area (Å²) in [6.07, 6.45) is 0. The lowest BCUT2D eigenvalue weighted by Crippen LogP contribution is -1.95. The van der Waals surface area contributed by atoms with Crippen molar-refractivity contribution in [3.05, 3.63) is 57.5 Å². The Hall–Kier alpha value is -0.970. The van der Waals surface area contributed by atoms with E-state index in [0.717, 1.165) is 14.3 Å². The molecule has 0 aliphatic carbocycles. The Morgan fingerprint density at radius 1 is 1.17 bits per heavy atom. The summed E-state index contributed by atoms with van der Waals surface area (Å²) in [5, 5.41) is 9.56. The number of carboxylic acid groups (broad SMARTS) is 1. The number of aromatic carboxylic acids is 1. The maximum atomic E-state index is 10.8. The van der Waals surface area contributed by atoms with Gasteiger partial charge in [0.15, 0.2) is 0 Å². The molecule has 0 amide bonds. The lowest BCUT2D eigenvalue weighted by atomic mass is 10.2. The Morgan fingerprint density at radius 3 is 2.50 bits per heavy atom. The molecule has 92 valence electrons. The van der Waals surface area contributed by atoms with Gasteiger partial charge in [0.25, 0.3) is 0 Å². The van der Waals surface area contributed by atoms with Crippen LogP contribution in [0.1, 0.15) is 10.4 Å². The SMILES string of the molecule is O=C(O)c1ccc(Sc2ccccc2Cl)c(Br)c1. The van der Waals surface area contributed by atoms with Crippen LogP contribution in [-0.4, -0.2) is 11.1 Å². The average molecular weight is 344 g/mol. The van der Waals surface area contributed by atoms with E-state index in [9.17, 15) is 4.79 Å². The van der Waals surface area contributed by atoms with Crippen molar-refractivity contribution < 1.29 is 9.90 Å². The predicted octanol–water partition coefficient (Wildman–Crippen LogP) is 4.95. The second-order valence-corrected chi connectivity index (χ2v) is 5.83. The van der Waals surface area contributed by atoms with E-state index in [1.807, 2.05) is 24.3 Å². The molecule has 2 aromatic rings. The molecule has 2 nitrogen and oxygen atoms in total. The molecule has 1 N–H and O–H groups in total. The summed E-state index contributed by atoms with van der Waals surface area (Å²) in [6, 6.07) is 12.5. The van der Waals surface area contributed by atoms with E-state index in [1.54, 1.807) is 18.2 Å². The molecule has 0 fully saturated rings. The Labute approximate surface area is 122 Å². The van der Waals surface area contributed by atoms with E-state index in [2.05, 4.69) is 15.9 Å². The minimum atomic E-state index is -0.940. The Morgan fingerprint density at radius 2 is 1.89 bits per heavy atom. The van der Waals surface area contributed by atoms with Crippen molar-refractivity contribution in [1.82, 2.24) is 0 Å². The summed E-state index contributed by atoms with van der Waals surface area (Å²) >= 11 is 10.9. The zero-order valence-electron chi connectivity index (χ0n) is 9.06. The number of hydrogen-bond donors (Lipinski definition) is 1. The lowest BCUT2D eigenvalue weighted by Gasteiger charge is -2.06. The topological polar surface area (TPSA) is 37.3 Å². The minimum Gasteiger partial charge on any atom is -0.478 e. The molecule has 0 bridgehead atoms. The Bertz CT molecular complexity index is 601. The summed E-state index contributed by atoms with van der Waals surface area (Å²) < 4.78 is 0.743.